The van der Waals surface area contributed by atoms with Gasteiger partial charge in [-0.1, -0.05) is 20.8 Å². The summed E-state index contributed by atoms with van der Waals surface area (Å²) in [5.74, 6) is -0.400. The van der Waals surface area contributed by atoms with E-state index in [9.17, 15) is 9.59 Å². The molecule has 1 aliphatic rings. The van der Waals surface area contributed by atoms with Crippen LogP contribution in [0.5, 0.6) is 0 Å². The predicted octanol–water partition coefficient (Wildman–Crippen LogP) is 2.83. The Morgan fingerprint density at radius 3 is 2.05 bits per heavy atom. The lowest BCUT2D eigenvalue weighted by Gasteiger charge is -2.38. The minimum atomic E-state index is -0.387. The average Bonchev–Trinajstić information content (AvgIpc) is 2.66. The first-order valence-electron chi connectivity index (χ1n) is 6.79. The summed E-state index contributed by atoms with van der Waals surface area (Å²) in [6, 6.07) is 4.91. The number of imide groups is 1. The molecule has 1 aromatic carbocycles. The molecule has 0 saturated carbocycles. The van der Waals surface area contributed by atoms with E-state index in [2.05, 4.69) is 0 Å². The SMILES string of the molecule is CCC(CC)(CC)N1C(=O)c2ccc(N)cc2C1=O. The van der Waals surface area contributed by atoms with Crippen LogP contribution in [0.1, 0.15) is 60.7 Å². The number of carbonyl (C=O) groups excluding carboxylic acids is 2. The smallest absolute Gasteiger partial charge is 0.262 e. The molecular formula is C15H20N2O2. The van der Waals surface area contributed by atoms with E-state index in [1.807, 2.05) is 20.8 Å². The lowest BCUT2D eigenvalue weighted by Crippen LogP contribution is -2.50. The van der Waals surface area contributed by atoms with Crippen molar-refractivity contribution in [2.24, 2.45) is 0 Å². The van der Waals surface area contributed by atoms with Gasteiger partial charge in [0, 0.05) is 5.69 Å². The normalized spacial score (nSPS) is 15.0. The third-order valence-corrected chi connectivity index (χ3v) is 4.36. The van der Waals surface area contributed by atoms with Crippen molar-refractivity contribution < 1.29 is 9.59 Å². The Balaban J connectivity index is 2.53. The molecule has 4 heteroatoms. The molecule has 1 aliphatic heterocycles. The third-order valence-electron chi connectivity index (χ3n) is 4.36. The zero-order chi connectivity index (χ0) is 14.2. The maximum atomic E-state index is 12.5. The number of hydrogen-bond acceptors (Lipinski definition) is 3. The summed E-state index contributed by atoms with van der Waals surface area (Å²) >= 11 is 0. The van der Waals surface area contributed by atoms with Crippen LogP contribution in [0.3, 0.4) is 0 Å². The summed E-state index contributed by atoms with van der Waals surface area (Å²) in [5.41, 5.74) is 6.74. The Hall–Kier alpha value is -1.84. The van der Waals surface area contributed by atoms with E-state index in [-0.39, 0.29) is 17.4 Å². The summed E-state index contributed by atoms with van der Waals surface area (Å²) in [7, 11) is 0. The molecule has 19 heavy (non-hydrogen) atoms. The number of nitrogens with two attached hydrogens (primary N) is 1. The van der Waals surface area contributed by atoms with E-state index in [4.69, 9.17) is 5.73 Å². The highest BCUT2D eigenvalue weighted by atomic mass is 16.2. The van der Waals surface area contributed by atoms with Gasteiger partial charge in [0.15, 0.2) is 0 Å². The molecular weight excluding hydrogens is 240 g/mol. The third kappa shape index (κ3) is 1.82. The van der Waals surface area contributed by atoms with Crippen LogP contribution in [0.25, 0.3) is 0 Å². The van der Waals surface area contributed by atoms with Crippen LogP contribution in [-0.2, 0) is 0 Å². The van der Waals surface area contributed by atoms with Gasteiger partial charge < -0.3 is 5.73 Å². The van der Waals surface area contributed by atoms with Crippen LogP contribution in [0, 0.1) is 0 Å². The molecule has 0 bridgehead atoms. The van der Waals surface area contributed by atoms with Gasteiger partial charge in [-0.3, -0.25) is 14.5 Å². The Kier molecular flexibility index (Phi) is 3.35. The molecule has 0 radical (unpaired) electrons. The van der Waals surface area contributed by atoms with Crippen molar-refractivity contribution in [2.75, 3.05) is 5.73 Å². The summed E-state index contributed by atoms with van der Waals surface area (Å²) in [6.07, 6.45) is 2.29. The fraction of sp³-hybridized carbons (Fsp3) is 0.467. The van der Waals surface area contributed by atoms with Crippen LogP contribution in [-0.4, -0.2) is 22.3 Å². The lowest BCUT2D eigenvalue weighted by molar-refractivity contribution is 0.0387. The molecule has 0 saturated heterocycles. The molecule has 2 N–H and O–H groups in total. The fourth-order valence-corrected chi connectivity index (χ4v) is 2.91. The zero-order valence-corrected chi connectivity index (χ0v) is 11.7. The van der Waals surface area contributed by atoms with E-state index in [0.717, 1.165) is 19.3 Å². The van der Waals surface area contributed by atoms with E-state index in [1.54, 1.807) is 18.2 Å². The van der Waals surface area contributed by atoms with Gasteiger partial charge in [0.2, 0.25) is 0 Å². The van der Waals surface area contributed by atoms with Gasteiger partial charge in [0.05, 0.1) is 16.7 Å². The van der Waals surface area contributed by atoms with Crippen molar-refractivity contribution in [3.05, 3.63) is 29.3 Å². The van der Waals surface area contributed by atoms with Crippen molar-refractivity contribution in [3.8, 4) is 0 Å². The second kappa shape index (κ2) is 4.68. The lowest BCUT2D eigenvalue weighted by atomic mass is 9.87. The molecule has 1 aromatic rings. The summed E-state index contributed by atoms with van der Waals surface area (Å²) in [6.45, 7) is 6.06. The van der Waals surface area contributed by atoms with Crippen molar-refractivity contribution in [2.45, 2.75) is 45.6 Å². The maximum absolute atomic E-state index is 12.5. The number of rotatable bonds is 4. The Labute approximate surface area is 113 Å². The number of amides is 2. The Bertz CT molecular complexity index is 525. The topological polar surface area (TPSA) is 63.4 Å². The van der Waals surface area contributed by atoms with Gasteiger partial charge in [0.25, 0.3) is 11.8 Å². The van der Waals surface area contributed by atoms with Crippen LogP contribution < -0.4 is 5.73 Å². The fourth-order valence-electron chi connectivity index (χ4n) is 2.91. The average molecular weight is 260 g/mol. The van der Waals surface area contributed by atoms with Crippen LogP contribution in [0.2, 0.25) is 0 Å². The molecule has 0 aliphatic carbocycles. The molecule has 2 amide bonds. The molecule has 102 valence electrons. The van der Waals surface area contributed by atoms with Gasteiger partial charge in [-0.25, -0.2) is 0 Å². The van der Waals surface area contributed by atoms with Gasteiger partial charge >= 0.3 is 0 Å². The van der Waals surface area contributed by atoms with E-state index >= 15 is 0 Å². The van der Waals surface area contributed by atoms with Gasteiger partial charge in [0.1, 0.15) is 0 Å². The summed E-state index contributed by atoms with van der Waals surface area (Å²) < 4.78 is 0. The number of nitrogens with zero attached hydrogens (tertiary/aromatic N) is 1. The Morgan fingerprint density at radius 2 is 1.53 bits per heavy atom. The van der Waals surface area contributed by atoms with E-state index < -0.39 is 0 Å². The standard InChI is InChI=1S/C15H20N2O2/c1-4-15(5-2,6-3)17-13(18)11-8-7-10(16)9-12(11)14(17)19/h7-9H,4-6,16H2,1-3H3. The largest absolute Gasteiger partial charge is 0.399 e. The molecule has 1 heterocycles. The highest BCUT2D eigenvalue weighted by molar-refractivity contribution is 6.22. The first kappa shape index (κ1) is 13.6. The summed E-state index contributed by atoms with van der Waals surface area (Å²) in [4.78, 5) is 26.5. The minimum absolute atomic E-state index is 0.189. The van der Waals surface area contributed by atoms with Gasteiger partial charge in [-0.05, 0) is 37.5 Å². The molecule has 0 spiro atoms. The number of fused-ring (bicyclic) bond motifs is 1. The van der Waals surface area contributed by atoms with Crippen molar-refractivity contribution >= 4 is 17.5 Å². The number of nitrogen functional groups attached to an aromatic ring is 1. The number of anilines is 1. The minimum Gasteiger partial charge on any atom is -0.399 e. The second-order valence-corrected chi connectivity index (χ2v) is 5.04. The molecule has 2 rings (SSSR count). The highest BCUT2D eigenvalue weighted by Gasteiger charge is 2.46. The van der Waals surface area contributed by atoms with Crippen molar-refractivity contribution in [1.29, 1.82) is 0 Å². The van der Waals surface area contributed by atoms with Gasteiger partial charge in [-0.2, -0.15) is 0 Å². The molecule has 0 aromatic heterocycles. The maximum Gasteiger partial charge on any atom is 0.262 e. The zero-order valence-electron chi connectivity index (χ0n) is 11.7. The Morgan fingerprint density at radius 1 is 1.00 bits per heavy atom. The second-order valence-electron chi connectivity index (χ2n) is 5.04. The molecule has 0 unspecified atom stereocenters. The van der Waals surface area contributed by atoms with Gasteiger partial charge in [-0.15, -0.1) is 0 Å². The van der Waals surface area contributed by atoms with Crippen LogP contribution >= 0.6 is 0 Å². The van der Waals surface area contributed by atoms with Crippen molar-refractivity contribution in [3.63, 3.8) is 0 Å². The first-order chi connectivity index (χ1) is 9.00. The first-order valence-corrected chi connectivity index (χ1v) is 6.79. The summed E-state index contributed by atoms with van der Waals surface area (Å²) in [5, 5.41) is 0. The highest BCUT2D eigenvalue weighted by Crippen LogP contribution is 2.36. The van der Waals surface area contributed by atoms with Crippen LogP contribution in [0.15, 0.2) is 18.2 Å². The molecule has 4 nitrogen and oxygen atoms in total. The molecule has 0 fully saturated rings. The number of carbonyl (C=O) groups is 2. The molecule has 0 atom stereocenters. The predicted molar refractivity (Wildman–Crippen MR) is 75.0 cm³/mol. The number of hydrogen-bond donors (Lipinski definition) is 1. The van der Waals surface area contributed by atoms with E-state index in [0.29, 0.717) is 16.8 Å². The van der Waals surface area contributed by atoms with Crippen LogP contribution in [0.4, 0.5) is 5.69 Å². The van der Waals surface area contributed by atoms with E-state index in [1.165, 1.54) is 4.90 Å². The van der Waals surface area contributed by atoms with Crippen molar-refractivity contribution in [1.82, 2.24) is 4.90 Å². The monoisotopic (exact) mass is 260 g/mol. The number of benzene rings is 1. The quantitative estimate of drug-likeness (QED) is 0.668.